The number of rotatable bonds is 10. The molecule has 0 saturated carbocycles. The highest BCUT2D eigenvalue weighted by Crippen LogP contribution is 2.15. The average Bonchev–Trinajstić information content (AvgIpc) is 2.45. The van der Waals surface area contributed by atoms with Gasteiger partial charge in [0.25, 0.3) is 0 Å². The number of hydrogen-bond donors (Lipinski definition) is 2. The molecule has 0 bridgehead atoms. The number of thioether (sulfide) groups is 1. The maximum absolute atomic E-state index is 12.0. The van der Waals surface area contributed by atoms with E-state index in [-0.39, 0.29) is 4.90 Å². The van der Waals surface area contributed by atoms with Gasteiger partial charge in [0.2, 0.25) is 10.0 Å². The van der Waals surface area contributed by atoms with Gasteiger partial charge in [0.05, 0.1) is 4.90 Å². The summed E-state index contributed by atoms with van der Waals surface area (Å²) in [5, 5.41) is 0. The molecule has 0 atom stereocenters. The lowest BCUT2D eigenvalue weighted by atomic mass is 10.3. The third kappa shape index (κ3) is 6.13. The molecule has 1 aromatic rings. The normalized spacial score (nSPS) is 11.5. The van der Waals surface area contributed by atoms with Crippen molar-refractivity contribution in [3.63, 3.8) is 0 Å². The lowest BCUT2D eigenvalue weighted by molar-refractivity contribution is 0.328. The molecule has 0 amide bonds. The Morgan fingerprint density at radius 3 is 2.55 bits per heavy atom. The fourth-order valence-corrected chi connectivity index (χ4v) is 3.12. The summed E-state index contributed by atoms with van der Waals surface area (Å²) < 4.78 is 31.9. The molecular weight excluding hydrogens is 296 g/mol. The number of hydrogen-bond acceptors (Lipinski definition) is 5. The molecule has 1 rings (SSSR count). The predicted molar refractivity (Wildman–Crippen MR) is 83.8 cm³/mol. The van der Waals surface area contributed by atoms with Crippen LogP contribution in [0.3, 0.4) is 0 Å². The van der Waals surface area contributed by atoms with Gasteiger partial charge in [0.1, 0.15) is 12.4 Å². The van der Waals surface area contributed by atoms with Crippen molar-refractivity contribution in [2.24, 2.45) is 5.73 Å². The zero-order valence-corrected chi connectivity index (χ0v) is 13.3. The summed E-state index contributed by atoms with van der Waals surface area (Å²) in [4.78, 5) is 0.252. The highest BCUT2D eigenvalue weighted by molar-refractivity contribution is 7.98. The molecule has 0 aliphatic carbocycles. The molecule has 114 valence electrons. The summed E-state index contributed by atoms with van der Waals surface area (Å²) in [5.41, 5.74) is 5.33. The first-order valence-corrected chi connectivity index (χ1v) is 9.39. The summed E-state index contributed by atoms with van der Waals surface area (Å²) in [5.74, 6) is 1.67. The van der Waals surface area contributed by atoms with Gasteiger partial charge < -0.3 is 10.5 Å². The van der Waals surface area contributed by atoms with E-state index < -0.39 is 10.0 Å². The fraction of sp³-hybridized carbons (Fsp3) is 0.538. The first kappa shape index (κ1) is 17.3. The van der Waals surface area contributed by atoms with Crippen molar-refractivity contribution in [3.05, 3.63) is 24.3 Å². The number of unbranched alkanes of at least 4 members (excludes halogenated alkanes) is 1. The third-order valence-electron chi connectivity index (χ3n) is 2.59. The predicted octanol–water partition coefficient (Wildman–Crippen LogP) is 1.45. The van der Waals surface area contributed by atoms with Crippen LogP contribution in [-0.4, -0.2) is 40.1 Å². The van der Waals surface area contributed by atoms with Crippen LogP contribution in [0.4, 0.5) is 0 Å². The van der Waals surface area contributed by atoms with Crippen LogP contribution in [0.15, 0.2) is 29.2 Å². The second-order valence-electron chi connectivity index (χ2n) is 4.21. The van der Waals surface area contributed by atoms with Crippen LogP contribution in [0, 0.1) is 0 Å². The van der Waals surface area contributed by atoms with Gasteiger partial charge in [-0.25, -0.2) is 13.1 Å². The molecule has 0 aromatic heterocycles. The Hall–Kier alpha value is -0.760. The van der Waals surface area contributed by atoms with Crippen LogP contribution < -0.4 is 15.2 Å². The summed E-state index contributed by atoms with van der Waals surface area (Å²) in [6, 6.07) is 6.35. The van der Waals surface area contributed by atoms with Crippen LogP contribution in [0.1, 0.15) is 12.8 Å². The molecule has 7 heteroatoms. The van der Waals surface area contributed by atoms with Crippen molar-refractivity contribution in [2.75, 3.05) is 31.7 Å². The second-order valence-corrected chi connectivity index (χ2v) is 6.96. The molecule has 0 heterocycles. The lowest BCUT2D eigenvalue weighted by Gasteiger charge is -2.08. The first-order valence-electron chi connectivity index (χ1n) is 6.51. The Morgan fingerprint density at radius 1 is 1.25 bits per heavy atom. The van der Waals surface area contributed by atoms with E-state index in [1.807, 2.05) is 6.26 Å². The van der Waals surface area contributed by atoms with Crippen molar-refractivity contribution in [3.8, 4) is 5.75 Å². The summed E-state index contributed by atoms with van der Waals surface area (Å²) in [6.45, 7) is 1.31. The van der Waals surface area contributed by atoms with Gasteiger partial charge in [-0.1, -0.05) is 0 Å². The highest BCUT2D eigenvalue weighted by atomic mass is 32.2. The Bertz CT molecular complexity index is 475. The number of benzene rings is 1. The molecule has 20 heavy (non-hydrogen) atoms. The Labute approximate surface area is 125 Å². The summed E-state index contributed by atoms with van der Waals surface area (Å²) in [6.07, 6.45) is 3.89. The van der Waals surface area contributed by atoms with E-state index in [1.165, 1.54) is 12.1 Å². The molecule has 0 aliphatic rings. The van der Waals surface area contributed by atoms with Crippen molar-refractivity contribution >= 4 is 21.8 Å². The monoisotopic (exact) mass is 318 g/mol. The van der Waals surface area contributed by atoms with E-state index in [1.54, 1.807) is 23.9 Å². The van der Waals surface area contributed by atoms with Gasteiger partial charge in [-0.15, -0.1) is 0 Å². The van der Waals surface area contributed by atoms with Crippen LogP contribution >= 0.6 is 11.8 Å². The molecule has 0 unspecified atom stereocenters. The number of sulfonamides is 1. The molecule has 1 aromatic carbocycles. The van der Waals surface area contributed by atoms with E-state index in [4.69, 9.17) is 10.5 Å². The number of ether oxygens (including phenoxy) is 1. The van der Waals surface area contributed by atoms with E-state index in [0.29, 0.717) is 25.4 Å². The second kappa shape index (κ2) is 9.23. The minimum Gasteiger partial charge on any atom is -0.492 e. The van der Waals surface area contributed by atoms with E-state index in [2.05, 4.69) is 4.72 Å². The van der Waals surface area contributed by atoms with Gasteiger partial charge in [-0.3, -0.25) is 0 Å². The average molecular weight is 318 g/mol. The topological polar surface area (TPSA) is 81.4 Å². The minimum absolute atomic E-state index is 0.252. The Kier molecular flexibility index (Phi) is 7.98. The van der Waals surface area contributed by atoms with Crippen molar-refractivity contribution < 1.29 is 13.2 Å². The molecular formula is C13H22N2O3S2. The van der Waals surface area contributed by atoms with Gasteiger partial charge in [0, 0.05) is 13.1 Å². The summed E-state index contributed by atoms with van der Waals surface area (Å²) >= 11 is 1.76. The van der Waals surface area contributed by atoms with Crippen molar-refractivity contribution in [2.45, 2.75) is 17.7 Å². The lowest BCUT2D eigenvalue weighted by Crippen LogP contribution is -2.24. The van der Waals surface area contributed by atoms with Gasteiger partial charge in [-0.2, -0.15) is 11.8 Å². The zero-order chi connectivity index (χ0) is 14.8. The Morgan fingerprint density at radius 2 is 1.95 bits per heavy atom. The SMILES string of the molecule is CSCCCCNS(=O)(=O)c1ccc(OCCN)cc1. The van der Waals surface area contributed by atoms with Crippen molar-refractivity contribution in [1.82, 2.24) is 4.72 Å². The quantitative estimate of drug-likeness (QED) is 0.638. The summed E-state index contributed by atoms with van der Waals surface area (Å²) in [7, 11) is -3.42. The van der Waals surface area contributed by atoms with Gasteiger partial charge >= 0.3 is 0 Å². The molecule has 0 spiro atoms. The number of nitrogens with two attached hydrogens (primary N) is 1. The fourth-order valence-electron chi connectivity index (χ4n) is 1.55. The van der Waals surface area contributed by atoms with E-state index >= 15 is 0 Å². The maximum atomic E-state index is 12.0. The van der Waals surface area contributed by atoms with Crippen molar-refractivity contribution in [1.29, 1.82) is 0 Å². The standard InChI is InChI=1S/C13H22N2O3S2/c1-19-11-3-2-9-15-20(16,17)13-6-4-12(5-7-13)18-10-8-14/h4-7,15H,2-3,8-11,14H2,1H3. The largest absolute Gasteiger partial charge is 0.492 e. The molecule has 0 saturated heterocycles. The van der Waals surface area contributed by atoms with Gasteiger partial charge in [0.15, 0.2) is 0 Å². The molecule has 0 radical (unpaired) electrons. The van der Waals surface area contributed by atoms with Crippen LogP contribution in [0.25, 0.3) is 0 Å². The molecule has 5 nitrogen and oxygen atoms in total. The van der Waals surface area contributed by atoms with Gasteiger partial charge in [-0.05, 0) is 49.1 Å². The Balaban J connectivity index is 2.50. The third-order valence-corrected chi connectivity index (χ3v) is 4.76. The van der Waals surface area contributed by atoms with E-state index in [0.717, 1.165) is 18.6 Å². The first-order chi connectivity index (χ1) is 9.60. The van der Waals surface area contributed by atoms with Crippen LogP contribution in [0.5, 0.6) is 5.75 Å². The van der Waals surface area contributed by atoms with Crippen LogP contribution in [-0.2, 0) is 10.0 Å². The number of nitrogens with one attached hydrogen (secondary N) is 1. The maximum Gasteiger partial charge on any atom is 0.240 e. The molecule has 0 fully saturated rings. The minimum atomic E-state index is -3.42. The van der Waals surface area contributed by atoms with E-state index in [9.17, 15) is 8.42 Å². The smallest absolute Gasteiger partial charge is 0.240 e. The highest BCUT2D eigenvalue weighted by Gasteiger charge is 2.12. The molecule has 3 N–H and O–H groups in total. The zero-order valence-electron chi connectivity index (χ0n) is 11.7. The van der Waals surface area contributed by atoms with Crippen LogP contribution in [0.2, 0.25) is 0 Å². The molecule has 0 aliphatic heterocycles.